The van der Waals surface area contributed by atoms with E-state index in [1.54, 1.807) is 22.8 Å². The molecule has 1 aromatic heterocycles. The molecule has 7 heteroatoms. The van der Waals surface area contributed by atoms with Gasteiger partial charge < -0.3 is 14.4 Å². The van der Waals surface area contributed by atoms with E-state index >= 15 is 0 Å². The number of halogens is 1. The predicted octanol–water partition coefficient (Wildman–Crippen LogP) is 3.60. The van der Waals surface area contributed by atoms with Crippen LogP contribution >= 0.6 is 11.8 Å². The fraction of sp³-hybridized carbons (Fsp3) is 0.304. The molecular weight excluding hydrogens is 401 g/mol. The minimum Gasteiger partial charge on any atom is -0.368 e. The van der Waals surface area contributed by atoms with Crippen LogP contribution in [-0.2, 0) is 11.3 Å². The molecule has 0 N–H and O–H groups in total. The maximum atomic E-state index is 13.1. The Balaban J connectivity index is 1.40. The molecule has 0 bridgehead atoms. The first-order valence-corrected chi connectivity index (χ1v) is 11.1. The van der Waals surface area contributed by atoms with Crippen molar-refractivity contribution in [2.24, 2.45) is 0 Å². The zero-order valence-corrected chi connectivity index (χ0v) is 17.7. The quantitative estimate of drug-likeness (QED) is 0.586. The lowest BCUT2D eigenvalue weighted by molar-refractivity contribution is -0.128. The normalized spacial score (nSPS) is 14.3. The molecular formula is C23H24FN3O2S. The average Bonchev–Trinajstić information content (AvgIpc) is 2.78. The first-order chi connectivity index (χ1) is 14.6. The van der Waals surface area contributed by atoms with Crippen LogP contribution in [-0.4, -0.2) is 47.3 Å². The third kappa shape index (κ3) is 4.21. The zero-order chi connectivity index (χ0) is 21.1. The number of carbonyl (C=O) groups excluding carboxylic acids is 1. The van der Waals surface area contributed by atoms with Gasteiger partial charge in [-0.25, -0.2) is 4.39 Å². The van der Waals surface area contributed by atoms with Crippen LogP contribution in [0.15, 0.2) is 64.3 Å². The maximum Gasteiger partial charge on any atom is 0.252 e. The number of aryl methyl sites for hydroxylation is 1. The Bertz CT molecular complexity index is 1110. The highest BCUT2D eigenvalue weighted by Gasteiger charge is 2.21. The van der Waals surface area contributed by atoms with Crippen LogP contribution < -0.4 is 10.5 Å². The maximum absolute atomic E-state index is 13.1. The molecule has 30 heavy (non-hydrogen) atoms. The number of piperazine rings is 1. The van der Waals surface area contributed by atoms with Crippen LogP contribution in [0.5, 0.6) is 0 Å². The minimum absolute atomic E-state index is 0.0425. The number of fused-ring (bicyclic) bond motifs is 1. The summed E-state index contributed by atoms with van der Waals surface area (Å²) in [7, 11) is 0. The highest BCUT2D eigenvalue weighted by molar-refractivity contribution is 8.00. The van der Waals surface area contributed by atoms with Crippen LogP contribution in [0.25, 0.3) is 10.9 Å². The summed E-state index contributed by atoms with van der Waals surface area (Å²) in [6.07, 6.45) is 0. The van der Waals surface area contributed by atoms with Crippen molar-refractivity contribution in [2.45, 2.75) is 18.4 Å². The number of pyridine rings is 1. The van der Waals surface area contributed by atoms with Gasteiger partial charge in [0.05, 0.1) is 11.3 Å². The molecule has 1 saturated heterocycles. The van der Waals surface area contributed by atoms with Gasteiger partial charge in [-0.15, -0.1) is 11.8 Å². The van der Waals surface area contributed by atoms with E-state index in [1.165, 1.54) is 23.9 Å². The van der Waals surface area contributed by atoms with Crippen LogP contribution in [0.2, 0.25) is 0 Å². The number of rotatable bonds is 5. The van der Waals surface area contributed by atoms with E-state index < -0.39 is 0 Å². The number of nitrogens with zero attached hydrogens (tertiary/aromatic N) is 3. The number of hydrogen-bond donors (Lipinski definition) is 0. The minimum atomic E-state index is -0.247. The Labute approximate surface area is 179 Å². The van der Waals surface area contributed by atoms with E-state index in [9.17, 15) is 14.0 Å². The number of thioether (sulfide) groups is 1. The van der Waals surface area contributed by atoms with Gasteiger partial charge in [0.2, 0.25) is 5.91 Å². The number of para-hydroxylation sites is 1. The highest BCUT2D eigenvalue weighted by atomic mass is 32.2. The van der Waals surface area contributed by atoms with Gasteiger partial charge in [0.25, 0.3) is 5.56 Å². The Kier molecular flexibility index (Phi) is 6.08. The van der Waals surface area contributed by atoms with Gasteiger partial charge in [-0.2, -0.15) is 0 Å². The van der Waals surface area contributed by atoms with Gasteiger partial charge in [-0.3, -0.25) is 9.59 Å². The number of aromatic nitrogens is 1. The first-order valence-electron chi connectivity index (χ1n) is 10.1. The Morgan fingerprint density at radius 2 is 1.73 bits per heavy atom. The van der Waals surface area contributed by atoms with E-state index in [0.717, 1.165) is 34.6 Å². The number of carbonyl (C=O) groups is 1. The average molecular weight is 426 g/mol. The molecule has 1 aliphatic heterocycles. The molecule has 0 spiro atoms. The third-order valence-corrected chi connectivity index (χ3v) is 6.51. The number of amides is 1. The second kappa shape index (κ2) is 8.92. The molecule has 4 rings (SSSR count). The van der Waals surface area contributed by atoms with Gasteiger partial charge in [0, 0.05) is 54.8 Å². The standard InChI is InChI=1S/C23H24FN3O2S/c1-2-27-20-6-4-3-5-19(20)21(15-22(27)28)30-16-23(29)26-13-11-25(12-14-26)18-9-7-17(24)8-10-18/h3-10,15H,2,11-14,16H2,1H3. The molecule has 0 radical (unpaired) electrons. The molecule has 1 aliphatic rings. The van der Waals surface area contributed by atoms with E-state index in [2.05, 4.69) is 4.90 Å². The molecule has 3 aromatic rings. The third-order valence-electron chi connectivity index (χ3n) is 5.47. The topological polar surface area (TPSA) is 45.6 Å². The van der Waals surface area contributed by atoms with Gasteiger partial charge >= 0.3 is 0 Å². The summed E-state index contributed by atoms with van der Waals surface area (Å²) in [5.74, 6) is 0.127. The molecule has 0 atom stereocenters. The van der Waals surface area contributed by atoms with E-state index in [1.807, 2.05) is 36.1 Å². The first kappa shape index (κ1) is 20.5. The van der Waals surface area contributed by atoms with Crippen molar-refractivity contribution in [3.63, 3.8) is 0 Å². The van der Waals surface area contributed by atoms with Crippen molar-refractivity contribution in [3.05, 3.63) is 70.8 Å². The smallest absolute Gasteiger partial charge is 0.252 e. The number of benzene rings is 2. The molecule has 156 valence electrons. The lowest BCUT2D eigenvalue weighted by Crippen LogP contribution is -2.49. The van der Waals surface area contributed by atoms with Crippen LogP contribution in [0.4, 0.5) is 10.1 Å². The summed E-state index contributed by atoms with van der Waals surface area (Å²) in [5.41, 5.74) is 1.83. The lowest BCUT2D eigenvalue weighted by Gasteiger charge is -2.36. The van der Waals surface area contributed by atoms with Crippen molar-refractivity contribution >= 4 is 34.3 Å². The molecule has 5 nitrogen and oxygen atoms in total. The SMILES string of the molecule is CCn1c(=O)cc(SCC(=O)N2CCN(c3ccc(F)cc3)CC2)c2ccccc21. The van der Waals surface area contributed by atoms with Crippen molar-refractivity contribution in [1.82, 2.24) is 9.47 Å². The van der Waals surface area contributed by atoms with Gasteiger partial charge in [-0.1, -0.05) is 18.2 Å². The molecule has 1 fully saturated rings. The van der Waals surface area contributed by atoms with Gasteiger partial charge in [-0.05, 0) is 37.3 Å². The zero-order valence-electron chi connectivity index (χ0n) is 16.9. The monoisotopic (exact) mass is 425 g/mol. The fourth-order valence-electron chi connectivity index (χ4n) is 3.85. The van der Waals surface area contributed by atoms with Crippen molar-refractivity contribution in [1.29, 1.82) is 0 Å². The van der Waals surface area contributed by atoms with Crippen molar-refractivity contribution in [3.8, 4) is 0 Å². The lowest BCUT2D eigenvalue weighted by atomic mass is 10.2. The van der Waals surface area contributed by atoms with E-state index in [4.69, 9.17) is 0 Å². The van der Waals surface area contributed by atoms with Crippen LogP contribution in [0.3, 0.4) is 0 Å². The molecule has 0 unspecified atom stereocenters. The molecule has 2 aromatic carbocycles. The van der Waals surface area contributed by atoms with Crippen molar-refractivity contribution < 1.29 is 9.18 Å². The molecule has 0 aliphatic carbocycles. The Hall–Kier alpha value is -2.80. The van der Waals surface area contributed by atoms with Gasteiger partial charge in [0.15, 0.2) is 0 Å². The highest BCUT2D eigenvalue weighted by Crippen LogP contribution is 2.27. The largest absolute Gasteiger partial charge is 0.368 e. The summed E-state index contributed by atoms with van der Waals surface area (Å²) in [4.78, 5) is 30.1. The molecule has 1 amide bonds. The van der Waals surface area contributed by atoms with Crippen LogP contribution in [0.1, 0.15) is 6.92 Å². The van der Waals surface area contributed by atoms with E-state index in [0.29, 0.717) is 25.4 Å². The van der Waals surface area contributed by atoms with Crippen molar-refractivity contribution in [2.75, 3.05) is 36.8 Å². The predicted molar refractivity (Wildman–Crippen MR) is 120 cm³/mol. The van der Waals surface area contributed by atoms with E-state index in [-0.39, 0.29) is 17.3 Å². The summed E-state index contributed by atoms with van der Waals surface area (Å²) in [6, 6.07) is 15.9. The Morgan fingerprint density at radius 3 is 2.43 bits per heavy atom. The fourth-order valence-corrected chi connectivity index (χ4v) is 4.82. The summed E-state index contributed by atoms with van der Waals surface area (Å²) >= 11 is 1.42. The van der Waals surface area contributed by atoms with Gasteiger partial charge in [0.1, 0.15) is 5.82 Å². The molecule has 2 heterocycles. The summed E-state index contributed by atoms with van der Waals surface area (Å²) < 4.78 is 14.9. The Morgan fingerprint density at radius 1 is 1.03 bits per heavy atom. The summed E-state index contributed by atoms with van der Waals surface area (Å²) in [6.45, 7) is 5.27. The molecule has 0 saturated carbocycles. The van der Waals surface area contributed by atoms with Crippen LogP contribution in [0, 0.1) is 5.82 Å². The number of hydrogen-bond acceptors (Lipinski definition) is 4. The second-order valence-corrected chi connectivity index (χ2v) is 8.26. The number of anilines is 1. The second-order valence-electron chi connectivity index (χ2n) is 7.24. The summed E-state index contributed by atoms with van der Waals surface area (Å²) in [5, 5.41) is 0.998.